The molecule has 8 nitrogen and oxygen atoms in total. The normalized spacial score (nSPS) is 11.4. The van der Waals surface area contributed by atoms with Crippen LogP contribution in [0.2, 0.25) is 0 Å². The summed E-state index contributed by atoms with van der Waals surface area (Å²) in [5, 5.41) is 5.82. The highest BCUT2D eigenvalue weighted by atomic mass is 32.2. The molecule has 114 valence electrons. The lowest BCUT2D eigenvalue weighted by atomic mass is 10.5. The van der Waals surface area contributed by atoms with Crippen LogP contribution in [-0.2, 0) is 9.84 Å². The number of hydrogen-bond acceptors (Lipinski definition) is 8. The van der Waals surface area contributed by atoms with Crippen LogP contribution in [-0.4, -0.2) is 54.6 Å². The summed E-state index contributed by atoms with van der Waals surface area (Å²) in [6.45, 7) is 6.55. The SMILES string of the molecule is CCNc1nc(NCCS(C)(=O)=O)nc(OC(C)C)n1. The molecule has 1 aromatic heterocycles. The molecule has 0 amide bonds. The number of sulfone groups is 1. The van der Waals surface area contributed by atoms with E-state index < -0.39 is 9.84 Å². The highest BCUT2D eigenvalue weighted by Crippen LogP contribution is 2.12. The van der Waals surface area contributed by atoms with E-state index >= 15 is 0 Å². The molecule has 0 unspecified atom stereocenters. The average molecular weight is 303 g/mol. The predicted molar refractivity (Wildman–Crippen MR) is 78.0 cm³/mol. The third-order valence-corrected chi connectivity index (χ3v) is 2.99. The monoisotopic (exact) mass is 303 g/mol. The Kier molecular flexibility index (Phi) is 5.93. The van der Waals surface area contributed by atoms with Gasteiger partial charge in [-0.15, -0.1) is 0 Å². The molecule has 0 bridgehead atoms. The Labute approximate surface area is 119 Å². The van der Waals surface area contributed by atoms with E-state index in [-0.39, 0.29) is 30.4 Å². The molecule has 0 saturated carbocycles. The van der Waals surface area contributed by atoms with Crippen molar-refractivity contribution in [2.75, 3.05) is 35.7 Å². The highest BCUT2D eigenvalue weighted by molar-refractivity contribution is 7.90. The van der Waals surface area contributed by atoms with Gasteiger partial charge in [-0.1, -0.05) is 0 Å². The Morgan fingerprint density at radius 1 is 1.15 bits per heavy atom. The van der Waals surface area contributed by atoms with Gasteiger partial charge in [0.05, 0.1) is 11.9 Å². The maximum atomic E-state index is 11.1. The van der Waals surface area contributed by atoms with Gasteiger partial charge in [0.15, 0.2) is 0 Å². The molecule has 9 heteroatoms. The van der Waals surface area contributed by atoms with Crippen molar-refractivity contribution < 1.29 is 13.2 Å². The topological polar surface area (TPSA) is 106 Å². The van der Waals surface area contributed by atoms with Crippen LogP contribution in [0.25, 0.3) is 0 Å². The van der Waals surface area contributed by atoms with E-state index in [2.05, 4.69) is 25.6 Å². The van der Waals surface area contributed by atoms with E-state index in [1.165, 1.54) is 6.26 Å². The zero-order valence-electron chi connectivity index (χ0n) is 12.2. The summed E-state index contributed by atoms with van der Waals surface area (Å²) >= 11 is 0. The zero-order chi connectivity index (χ0) is 15.2. The molecule has 1 aromatic rings. The molecule has 1 heterocycles. The number of ether oxygens (including phenoxy) is 1. The molecule has 0 radical (unpaired) electrons. The molecular formula is C11H21N5O3S. The fourth-order valence-electron chi connectivity index (χ4n) is 1.28. The van der Waals surface area contributed by atoms with Gasteiger partial charge in [-0.05, 0) is 20.8 Å². The van der Waals surface area contributed by atoms with Crippen molar-refractivity contribution >= 4 is 21.7 Å². The van der Waals surface area contributed by atoms with Gasteiger partial charge in [-0.3, -0.25) is 0 Å². The van der Waals surface area contributed by atoms with Crippen LogP contribution >= 0.6 is 0 Å². The molecule has 20 heavy (non-hydrogen) atoms. The third-order valence-electron chi connectivity index (χ3n) is 2.05. The summed E-state index contributed by atoms with van der Waals surface area (Å²) in [7, 11) is -3.02. The minimum atomic E-state index is -3.02. The van der Waals surface area contributed by atoms with Crippen molar-refractivity contribution in [3.8, 4) is 6.01 Å². The van der Waals surface area contributed by atoms with Gasteiger partial charge in [0, 0.05) is 19.3 Å². The van der Waals surface area contributed by atoms with Crippen LogP contribution in [0.4, 0.5) is 11.9 Å². The predicted octanol–water partition coefficient (Wildman–Crippen LogP) is 0.547. The number of anilines is 2. The molecule has 0 aliphatic rings. The van der Waals surface area contributed by atoms with Crippen molar-refractivity contribution in [1.29, 1.82) is 0 Å². The Hall–Kier alpha value is -1.64. The smallest absolute Gasteiger partial charge is 0.323 e. The number of rotatable bonds is 8. The first kappa shape index (κ1) is 16.4. The molecule has 0 saturated heterocycles. The van der Waals surface area contributed by atoms with Gasteiger partial charge in [0.2, 0.25) is 11.9 Å². The summed E-state index contributed by atoms with van der Waals surface area (Å²) in [5.41, 5.74) is 0. The van der Waals surface area contributed by atoms with E-state index in [1.807, 2.05) is 20.8 Å². The Morgan fingerprint density at radius 3 is 2.25 bits per heavy atom. The highest BCUT2D eigenvalue weighted by Gasteiger charge is 2.09. The zero-order valence-corrected chi connectivity index (χ0v) is 13.0. The van der Waals surface area contributed by atoms with Crippen LogP contribution in [0, 0.1) is 0 Å². The van der Waals surface area contributed by atoms with Crippen LogP contribution in [0.3, 0.4) is 0 Å². The molecule has 0 aliphatic carbocycles. The maximum absolute atomic E-state index is 11.1. The molecule has 0 aliphatic heterocycles. The maximum Gasteiger partial charge on any atom is 0.323 e. The molecule has 1 rings (SSSR count). The van der Waals surface area contributed by atoms with E-state index in [4.69, 9.17) is 4.74 Å². The molecule has 2 N–H and O–H groups in total. The minimum absolute atomic E-state index is 0.00952. The average Bonchev–Trinajstić information content (AvgIpc) is 2.26. The van der Waals surface area contributed by atoms with Crippen molar-refractivity contribution in [2.24, 2.45) is 0 Å². The van der Waals surface area contributed by atoms with Crippen LogP contribution in [0.1, 0.15) is 20.8 Å². The number of hydrogen-bond donors (Lipinski definition) is 2. The lowest BCUT2D eigenvalue weighted by Gasteiger charge is -2.11. The molecular weight excluding hydrogens is 282 g/mol. The molecule has 0 aromatic carbocycles. The first-order valence-electron chi connectivity index (χ1n) is 6.38. The van der Waals surface area contributed by atoms with Crippen molar-refractivity contribution in [2.45, 2.75) is 26.9 Å². The van der Waals surface area contributed by atoms with E-state index in [0.29, 0.717) is 12.5 Å². The van der Waals surface area contributed by atoms with Crippen molar-refractivity contribution in [1.82, 2.24) is 15.0 Å². The summed E-state index contributed by atoms with van der Waals surface area (Å²) in [6.07, 6.45) is 1.12. The van der Waals surface area contributed by atoms with Crippen LogP contribution in [0.15, 0.2) is 0 Å². The van der Waals surface area contributed by atoms with Gasteiger partial charge in [-0.25, -0.2) is 8.42 Å². The Bertz CT molecular complexity index is 533. The van der Waals surface area contributed by atoms with Gasteiger partial charge in [0.1, 0.15) is 9.84 Å². The summed E-state index contributed by atoms with van der Waals surface area (Å²) in [6, 6.07) is 0.202. The van der Waals surface area contributed by atoms with Crippen LogP contribution in [0.5, 0.6) is 6.01 Å². The minimum Gasteiger partial charge on any atom is -0.461 e. The molecule has 0 atom stereocenters. The second-order valence-electron chi connectivity index (χ2n) is 4.52. The summed E-state index contributed by atoms with van der Waals surface area (Å²) in [4.78, 5) is 12.3. The Balaban J connectivity index is 2.79. The number of aromatic nitrogens is 3. The number of nitrogens with one attached hydrogen (secondary N) is 2. The van der Waals surface area contributed by atoms with E-state index in [1.54, 1.807) is 0 Å². The van der Waals surface area contributed by atoms with E-state index in [0.717, 1.165) is 0 Å². The second kappa shape index (κ2) is 7.22. The van der Waals surface area contributed by atoms with Gasteiger partial charge >= 0.3 is 6.01 Å². The van der Waals surface area contributed by atoms with Gasteiger partial charge in [0.25, 0.3) is 0 Å². The number of nitrogens with zero attached hydrogens (tertiary/aromatic N) is 3. The summed E-state index contributed by atoms with van der Waals surface area (Å²) in [5.74, 6) is 0.686. The van der Waals surface area contributed by atoms with Gasteiger partial charge < -0.3 is 15.4 Å². The van der Waals surface area contributed by atoms with Crippen molar-refractivity contribution in [3.63, 3.8) is 0 Å². The standard InChI is InChI=1S/C11H21N5O3S/c1-5-12-9-14-10(13-6-7-20(4,17)18)16-11(15-9)19-8(2)3/h8H,5-7H2,1-4H3,(H2,12,13,14,15,16). The van der Waals surface area contributed by atoms with E-state index in [9.17, 15) is 8.42 Å². The largest absolute Gasteiger partial charge is 0.461 e. The first-order chi connectivity index (χ1) is 9.30. The lowest BCUT2D eigenvalue weighted by molar-refractivity contribution is 0.222. The quantitative estimate of drug-likeness (QED) is 0.717. The van der Waals surface area contributed by atoms with Crippen LogP contribution < -0.4 is 15.4 Å². The van der Waals surface area contributed by atoms with Crippen molar-refractivity contribution in [3.05, 3.63) is 0 Å². The fourth-order valence-corrected chi connectivity index (χ4v) is 1.76. The Morgan fingerprint density at radius 2 is 1.75 bits per heavy atom. The fraction of sp³-hybridized carbons (Fsp3) is 0.727. The first-order valence-corrected chi connectivity index (χ1v) is 8.44. The summed E-state index contributed by atoms with van der Waals surface area (Å²) < 4.78 is 27.6. The third kappa shape index (κ3) is 6.50. The lowest BCUT2D eigenvalue weighted by Crippen LogP contribution is -2.17. The second-order valence-corrected chi connectivity index (χ2v) is 6.78. The molecule has 0 spiro atoms. The van der Waals surface area contributed by atoms with Gasteiger partial charge in [-0.2, -0.15) is 15.0 Å². The molecule has 0 fully saturated rings.